The van der Waals surface area contributed by atoms with Crippen molar-refractivity contribution in [1.82, 2.24) is 9.80 Å². The number of nitrogens with two attached hydrogens (primary N) is 1. The highest BCUT2D eigenvalue weighted by atomic mass is 16.5. The van der Waals surface area contributed by atoms with Crippen LogP contribution in [-0.2, 0) is 9.47 Å². The van der Waals surface area contributed by atoms with E-state index in [1.807, 2.05) is 0 Å². The normalized spacial score (nSPS) is 39.7. The molecule has 5 nitrogen and oxygen atoms in total. The summed E-state index contributed by atoms with van der Waals surface area (Å²) in [7, 11) is 0. The van der Waals surface area contributed by atoms with Crippen molar-refractivity contribution in [2.75, 3.05) is 52.5 Å². The molecule has 3 aliphatic rings. The first kappa shape index (κ1) is 15.7. The van der Waals surface area contributed by atoms with Crippen LogP contribution in [0, 0.1) is 0 Å². The average Bonchev–Trinajstić information content (AvgIpc) is 3.06. The van der Waals surface area contributed by atoms with Gasteiger partial charge < -0.3 is 15.2 Å². The van der Waals surface area contributed by atoms with Gasteiger partial charge in [-0.1, -0.05) is 6.92 Å². The molecule has 0 aromatic heterocycles. The van der Waals surface area contributed by atoms with Gasteiger partial charge in [-0.05, 0) is 25.7 Å². The third-order valence-electron chi connectivity index (χ3n) is 5.76. The number of hydrogen-bond donors (Lipinski definition) is 1. The van der Waals surface area contributed by atoms with Gasteiger partial charge in [0.15, 0.2) is 0 Å². The lowest BCUT2D eigenvalue weighted by atomic mass is 9.84. The minimum absolute atomic E-state index is 0.181. The second kappa shape index (κ2) is 6.92. The highest BCUT2D eigenvalue weighted by Crippen LogP contribution is 2.34. The van der Waals surface area contributed by atoms with Crippen molar-refractivity contribution in [3.8, 4) is 0 Å². The van der Waals surface area contributed by atoms with Crippen LogP contribution < -0.4 is 5.73 Å². The molecule has 0 amide bonds. The van der Waals surface area contributed by atoms with Gasteiger partial charge in [-0.3, -0.25) is 9.80 Å². The Morgan fingerprint density at radius 1 is 1.19 bits per heavy atom. The van der Waals surface area contributed by atoms with Gasteiger partial charge in [0, 0.05) is 50.9 Å². The Balaban J connectivity index is 1.62. The summed E-state index contributed by atoms with van der Waals surface area (Å²) in [5, 5.41) is 0. The van der Waals surface area contributed by atoms with E-state index in [0.717, 1.165) is 58.7 Å². The predicted octanol–water partition coefficient (Wildman–Crippen LogP) is 0.679. The third-order valence-corrected chi connectivity index (χ3v) is 5.76. The minimum Gasteiger partial charge on any atom is -0.379 e. The van der Waals surface area contributed by atoms with E-state index in [2.05, 4.69) is 16.7 Å². The van der Waals surface area contributed by atoms with E-state index >= 15 is 0 Å². The Morgan fingerprint density at radius 3 is 2.71 bits per heavy atom. The van der Waals surface area contributed by atoms with Gasteiger partial charge in [-0.2, -0.15) is 0 Å². The number of ether oxygens (including phenoxy) is 2. The summed E-state index contributed by atoms with van der Waals surface area (Å²) < 4.78 is 11.4. The molecule has 0 saturated carbocycles. The fourth-order valence-corrected chi connectivity index (χ4v) is 4.28. The number of hydrogen-bond acceptors (Lipinski definition) is 5. The maximum absolute atomic E-state index is 6.23. The van der Waals surface area contributed by atoms with E-state index in [1.54, 1.807) is 0 Å². The van der Waals surface area contributed by atoms with Crippen LogP contribution in [0.25, 0.3) is 0 Å². The van der Waals surface area contributed by atoms with E-state index in [0.29, 0.717) is 12.1 Å². The lowest BCUT2D eigenvalue weighted by molar-refractivity contribution is -0.0682. The average molecular weight is 297 g/mol. The molecular weight excluding hydrogens is 266 g/mol. The largest absolute Gasteiger partial charge is 0.379 e. The second-order valence-electron chi connectivity index (χ2n) is 6.82. The summed E-state index contributed by atoms with van der Waals surface area (Å²) in [6.07, 6.45) is 4.97. The summed E-state index contributed by atoms with van der Waals surface area (Å²) in [4.78, 5) is 5.29. The van der Waals surface area contributed by atoms with Crippen molar-refractivity contribution in [2.45, 2.75) is 50.3 Å². The van der Waals surface area contributed by atoms with E-state index in [4.69, 9.17) is 15.2 Å². The fraction of sp³-hybridized carbons (Fsp3) is 1.00. The fourth-order valence-electron chi connectivity index (χ4n) is 4.28. The third kappa shape index (κ3) is 3.27. The van der Waals surface area contributed by atoms with Crippen LogP contribution in [0.1, 0.15) is 32.6 Å². The van der Waals surface area contributed by atoms with Crippen molar-refractivity contribution < 1.29 is 9.47 Å². The van der Waals surface area contributed by atoms with E-state index in [1.165, 1.54) is 19.5 Å². The first-order valence-electron chi connectivity index (χ1n) is 8.66. The number of morpholine rings is 1. The van der Waals surface area contributed by atoms with Gasteiger partial charge in [0.05, 0.1) is 19.3 Å². The molecule has 3 fully saturated rings. The van der Waals surface area contributed by atoms with Crippen LogP contribution in [0.5, 0.6) is 0 Å². The van der Waals surface area contributed by atoms with Crippen LogP contribution in [0.2, 0.25) is 0 Å². The molecule has 0 aromatic carbocycles. The molecule has 3 aliphatic heterocycles. The maximum Gasteiger partial charge on any atom is 0.0594 e. The summed E-state index contributed by atoms with van der Waals surface area (Å²) in [5.41, 5.74) is 6.41. The zero-order chi connectivity index (χ0) is 14.7. The van der Waals surface area contributed by atoms with Gasteiger partial charge in [-0.25, -0.2) is 0 Å². The van der Waals surface area contributed by atoms with Crippen molar-refractivity contribution in [2.24, 2.45) is 5.73 Å². The summed E-state index contributed by atoms with van der Waals surface area (Å²) in [5.74, 6) is 0. The molecule has 21 heavy (non-hydrogen) atoms. The first-order valence-corrected chi connectivity index (χ1v) is 8.66. The zero-order valence-electron chi connectivity index (χ0n) is 13.4. The molecule has 3 rings (SSSR count). The Hall–Kier alpha value is -0.200. The Kier molecular flexibility index (Phi) is 5.17. The molecule has 0 aromatic rings. The SMILES string of the molecule is CCC1CC(CN)(N2CCC(N3CCOCC3)C2)CCO1. The molecular formula is C16H31N3O2. The predicted molar refractivity (Wildman–Crippen MR) is 83.4 cm³/mol. The molecule has 0 bridgehead atoms. The Labute approximate surface area is 128 Å². The smallest absolute Gasteiger partial charge is 0.0594 e. The van der Waals surface area contributed by atoms with Crippen molar-refractivity contribution >= 4 is 0 Å². The molecule has 5 heteroatoms. The molecule has 122 valence electrons. The van der Waals surface area contributed by atoms with Gasteiger partial charge in [0.25, 0.3) is 0 Å². The van der Waals surface area contributed by atoms with E-state index in [9.17, 15) is 0 Å². The molecule has 3 saturated heterocycles. The monoisotopic (exact) mass is 297 g/mol. The van der Waals surface area contributed by atoms with Gasteiger partial charge in [0.1, 0.15) is 0 Å². The minimum atomic E-state index is 0.181. The summed E-state index contributed by atoms with van der Waals surface area (Å²) >= 11 is 0. The Bertz CT molecular complexity index is 335. The number of likely N-dealkylation sites (tertiary alicyclic amines) is 1. The summed E-state index contributed by atoms with van der Waals surface area (Å²) in [6.45, 7) is 10.2. The molecule has 3 atom stereocenters. The number of nitrogens with zero attached hydrogens (tertiary/aromatic N) is 2. The maximum atomic E-state index is 6.23. The van der Waals surface area contributed by atoms with Crippen molar-refractivity contribution in [3.05, 3.63) is 0 Å². The molecule has 0 radical (unpaired) electrons. The highest BCUT2D eigenvalue weighted by molar-refractivity contribution is 5.00. The van der Waals surface area contributed by atoms with Crippen LogP contribution in [0.3, 0.4) is 0 Å². The van der Waals surface area contributed by atoms with Crippen LogP contribution in [0.15, 0.2) is 0 Å². The zero-order valence-corrected chi connectivity index (χ0v) is 13.4. The summed E-state index contributed by atoms with van der Waals surface area (Å²) in [6, 6.07) is 0.695. The lowest BCUT2D eigenvalue weighted by Gasteiger charge is -2.47. The van der Waals surface area contributed by atoms with Crippen LogP contribution in [0.4, 0.5) is 0 Å². The molecule has 0 aliphatic carbocycles. The topological polar surface area (TPSA) is 51.0 Å². The quantitative estimate of drug-likeness (QED) is 0.827. The lowest BCUT2D eigenvalue weighted by Crippen LogP contribution is -2.58. The first-order chi connectivity index (χ1) is 10.3. The standard InChI is InChI=1S/C16H31N3O2/c1-2-15-11-16(13-17,4-8-21-15)19-5-3-14(12-19)18-6-9-20-10-7-18/h14-15H,2-13,17H2,1H3. The van der Waals surface area contributed by atoms with Crippen LogP contribution >= 0.6 is 0 Å². The molecule has 0 spiro atoms. The Morgan fingerprint density at radius 2 is 2.00 bits per heavy atom. The van der Waals surface area contributed by atoms with E-state index in [-0.39, 0.29) is 5.54 Å². The van der Waals surface area contributed by atoms with Gasteiger partial charge in [-0.15, -0.1) is 0 Å². The molecule has 3 heterocycles. The van der Waals surface area contributed by atoms with E-state index < -0.39 is 0 Å². The highest BCUT2D eigenvalue weighted by Gasteiger charge is 2.44. The van der Waals surface area contributed by atoms with Gasteiger partial charge >= 0.3 is 0 Å². The molecule has 3 unspecified atom stereocenters. The van der Waals surface area contributed by atoms with Crippen molar-refractivity contribution in [3.63, 3.8) is 0 Å². The number of rotatable bonds is 4. The van der Waals surface area contributed by atoms with Crippen molar-refractivity contribution in [1.29, 1.82) is 0 Å². The second-order valence-corrected chi connectivity index (χ2v) is 6.82. The van der Waals surface area contributed by atoms with Crippen LogP contribution in [-0.4, -0.2) is 80.0 Å². The molecule has 2 N–H and O–H groups in total. The van der Waals surface area contributed by atoms with Gasteiger partial charge in [0.2, 0.25) is 0 Å².